The fourth-order valence-corrected chi connectivity index (χ4v) is 2.43. The lowest BCUT2D eigenvalue weighted by Crippen LogP contribution is -2.30. The van der Waals surface area contributed by atoms with Crippen molar-refractivity contribution >= 4 is 0 Å². The Morgan fingerprint density at radius 1 is 1.25 bits per heavy atom. The van der Waals surface area contributed by atoms with E-state index < -0.39 is 0 Å². The minimum Gasteiger partial charge on any atom is -0.306 e. The summed E-state index contributed by atoms with van der Waals surface area (Å²) in [7, 11) is 0. The van der Waals surface area contributed by atoms with Crippen molar-refractivity contribution in [2.75, 3.05) is 0 Å². The summed E-state index contributed by atoms with van der Waals surface area (Å²) >= 11 is 0. The molecule has 1 fully saturated rings. The maximum atomic E-state index is 8.88. The Morgan fingerprint density at radius 3 is 2.56 bits per heavy atom. The summed E-state index contributed by atoms with van der Waals surface area (Å²) in [6.45, 7) is 0. The molecule has 1 unspecified atom stereocenters. The van der Waals surface area contributed by atoms with Gasteiger partial charge in [-0.05, 0) is 18.4 Å². The van der Waals surface area contributed by atoms with Crippen LogP contribution in [-0.2, 0) is 0 Å². The Labute approximate surface area is 97.3 Å². The zero-order valence-corrected chi connectivity index (χ0v) is 9.52. The molecular formula is C14H18N2. The molecule has 1 N–H and O–H groups in total. The van der Waals surface area contributed by atoms with Crippen LogP contribution in [0.5, 0.6) is 0 Å². The molecule has 2 nitrogen and oxygen atoms in total. The first-order valence-corrected chi connectivity index (χ1v) is 6.08. The molecule has 2 rings (SSSR count). The molecule has 1 aromatic rings. The van der Waals surface area contributed by atoms with Crippen molar-refractivity contribution in [1.82, 2.24) is 5.32 Å². The predicted molar refractivity (Wildman–Crippen MR) is 64.8 cm³/mol. The fourth-order valence-electron chi connectivity index (χ4n) is 2.43. The van der Waals surface area contributed by atoms with Gasteiger partial charge in [-0.25, -0.2) is 0 Å². The zero-order chi connectivity index (χ0) is 11.2. The van der Waals surface area contributed by atoms with Crippen LogP contribution in [0, 0.1) is 11.3 Å². The minimum absolute atomic E-state index is 0.203. The van der Waals surface area contributed by atoms with E-state index in [1.807, 2.05) is 18.2 Å². The summed E-state index contributed by atoms with van der Waals surface area (Å²) in [6.07, 6.45) is 5.72. The highest BCUT2D eigenvalue weighted by atomic mass is 15.0. The topological polar surface area (TPSA) is 35.8 Å². The maximum Gasteiger partial charge on any atom is 0.0641 e. The van der Waals surface area contributed by atoms with Gasteiger partial charge in [-0.2, -0.15) is 5.26 Å². The zero-order valence-electron chi connectivity index (χ0n) is 9.52. The van der Waals surface area contributed by atoms with Crippen LogP contribution in [0.1, 0.15) is 43.7 Å². The summed E-state index contributed by atoms with van der Waals surface area (Å²) in [4.78, 5) is 0. The molecule has 16 heavy (non-hydrogen) atoms. The molecule has 0 bridgehead atoms. The van der Waals surface area contributed by atoms with Gasteiger partial charge in [0.1, 0.15) is 0 Å². The average molecular weight is 214 g/mol. The van der Waals surface area contributed by atoms with E-state index in [1.54, 1.807) is 0 Å². The van der Waals surface area contributed by atoms with E-state index in [2.05, 4.69) is 23.5 Å². The van der Waals surface area contributed by atoms with E-state index >= 15 is 0 Å². The molecule has 2 heteroatoms. The molecular weight excluding hydrogens is 196 g/mol. The lowest BCUT2D eigenvalue weighted by Gasteiger charge is -2.21. The summed E-state index contributed by atoms with van der Waals surface area (Å²) in [5.74, 6) is 0. The number of nitrogens with zero attached hydrogens (tertiary/aromatic N) is 1. The first-order chi connectivity index (χ1) is 7.90. The second-order valence-electron chi connectivity index (χ2n) is 4.47. The van der Waals surface area contributed by atoms with Crippen LogP contribution in [0.2, 0.25) is 0 Å². The number of nitrogens with one attached hydrogen (secondary N) is 1. The van der Waals surface area contributed by atoms with Gasteiger partial charge in [0.05, 0.1) is 12.5 Å². The largest absolute Gasteiger partial charge is 0.306 e. The van der Waals surface area contributed by atoms with Crippen molar-refractivity contribution in [3.63, 3.8) is 0 Å². The van der Waals surface area contributed by atoms with Gasteiger partial charge in [0.15, 0.2) is 0 Å². The van der Waals surface area contributed by atoms with Crippen molar-refractivity contribution in [2.45, 2.75) is 44.2 Å². The summed E-state index contributed by atoms with van der Waals surface area (Å²) in [6, 6.07) is 13.4. The van der Waals surface area contributed by atoms with Crippen molar-refractivity contribution in [2.24, 2.45) is 0 Å². The lowest BCUT2D eigenvalue weighted by molar-refractivity contribution is 0.443. The number of benzene rings is 1. The van der Waals surface area contributed by atoms with E-state index in [0.29, 0.717) is 12.5 Å². The van der Waals surface area contributed by atoms with Crippen molar-refractivity contribution in [3.05, 3.63) is 35.9 Å². The van der Waals surface area contributed by atoms with E-state index in [4.69, 9.17) is 5.26 Å². The minimum atomic E-state index is 0.203. The molecule has 0 saturated heterocycles. The van der Waals surface area contributed by atoms with Gasteiger partial charge < -0.3 is 5.32 Å². The normalized spacial score (nSPS) is 18.2. The fraction of sp³-hybridized carbons (Fsp3) is 0.500. The van der Waals surface area contributed by atoms with Crippen molar-refractivity contribution < 1.29 is 0 Å². The van der Waals surface area contributed by atoms with Crippen LogP contribution in [-0.4, -0.2) is 6.04 Å². The monoisotopic (exact) mass is 214 g/mol. The highest BCUT2D eigenvalue weighted by Crippen LogP contribution is 2.23. The standard InChI is InChI=1S/C14H18N2/c15-11-10-14(12-6-2-1-3-7-12)16-13-8-4-5-9-13/h1-3,6-7,13-14,16H,4-5,8-10H2. The quantitative estimate of drug-likeness (QED) is 0.835. The Morgan fingerprint density at radius 2 is 1.94 bits per heavy atom. The molecule has 1 atom stereocenters. The summed E-state index contributed by atoms with van der Waals surface area (Å²) in [5, 5.41) is 12.5. The molecule has 84 valence electrons. The second-order valence-corrected chi connectivity index (χ2v) is 4.47. The Balaban J connectivity index is 2.02. The molecule has 0 radical (unpaired) electrons. The number of nitriles is 1. The van der Waals surface area contributed by atoms with Gasteiger partial charge in [-0.3, -0.25) is 0 Å². The smallest absolute Gasteiger partial charge is 0.0641 e. The number of hydrogen-bond acceptors (Lipinski definition) is 2. The molecule has 1 saturated carbocycles. The Kier molecular flexibility index (Phi) is 3.96. The third-order valence-corrected chi connectivity index (χ3v) is 3.29. The average Bonchev–Trinajstić information content (AvgIpc) is 2.83. The van der Waals surface area contributed by atoms with Crippen molar-refractivity contribution in [3.8, 4) is 6.07 Å². The number of rotatable bonds is 4. The number of hydrogen-bond donors (Lipinski definition) is 1. The van der Waals surface area contributed by atoms with Gasteiger partial charge in [-0.15, -0.1) is 0 Å². The highest BCUT2D eigenvalue weighted by molar-refractivity contribution is 5.20. The van der Waals surface area contributed by atoms with E-state index in [0.717, 1.165) is 0 Å². The molecule has 1 aliphatic rings. The van der Waals surface area contributed by atoms with Gasteiger partial charge >= 0.3 is 0 Å². The Bertz CT molecular complexity index is 347. The third kappa shape index (κ3) is 2.84. The first kappa shape index (κ1) is 11.2. The maximum absolute atomic E-state index is 8.88. The third-order valence-electron chi connectivity index (χ3n) is 3.29. The van der Waals surface area contributed by atoms with Crippen LogP contribution >= 0.6 is 0 Å². The molecule has 0 aliphatic heterocycles. The first-order valence-electron chi connectivity index (χ1n) is 6.08. The van der Waals surface area contributed by atoms with Gasteiger partial charge in [-0.1, -0.05) is 43.2 Å². The van der Waals surface area contributed by atoms with Crippen LogP contribution in [0.25, 0.3) is 0 Å². The molecule has 0 aromatic heterocycles. The molecule has 0 amide bonds. The van der Waals surface area contributed by atoms with Gasteiger partial charge in [0.25, 0.3) is 0 Å². The Hall–Kier alpha value is -1.33. The molecule has 0 spiro atoms. The second kappa shape index (κ2) is 5.67. The lowest BCUT2D eigenvalue weighted by atomic mass is 10.0. The van der Waals surface area contributed by atoms with Crippen LogP contribution < -0.4 is 5.32 Å². The SMILES string of the molecule is N#CCC(NC1CCCC1)c1ccccc1. The van der Waals surface area contributed by atoms with E-state index in [1.165, 1.54) is 31.2 Å². The highest BCUT2D eigenvalue weighted by Gasteiger charge is 2.19. The van der Waals surface area contributed by atoms with Crippen LogP contribution in [0.3, 0.4) is 0 Å². The summed E-state index contributed by atoms with van der Waals surface area (Å²) < 4.78 is 0. The van der Waals surface area contributed by atoms with Crippen molar-refractivity contribution in [1.29, 1.82) is 5.26 Å². The molecule has 0 heterocycles. The van der Waals surface area contributed by atoms with E-state index in [9.17, 15) is 0 Å². The van der Waals surface area contributed by atoms with E-state index in [-0.39, 0.29) is 6.04 Å². The predicted octanol–water partition coefficient (Wildman–Crippen LogP) is 3.17. The van der Waals surface area contributed by atoms with Crippen LogP contribution in [0.4, 0.5) is 0 Å². The molecule has 1 aromatic carbocycles. The van der Waals surface area contributed by atoms with Gasteiger partial charge in [0, 0.05) is 12.1 Å². The summed E-state index contributed by atoms with van der Waals surface area (Å²) in [5.41, 5.74) is 1.23. The molecule has 1 aliphatic carbocycles. The van der Waals surface area contributed by atoms with Gasteiger partial charge in [0.2, 0.25) is 0 Å². The van der Waals surface area contributed by atoms with Crippen LogP contribution in [0.15, 0.2) is 30.3 Å².